The summed E-state index contributed by atoms with van der Waals surface area (Å²) in [5, 5.41) is 20.0. The van der Waals surface area contributed by atoms with Gasteiger partial charge in [0.25, 0.3) is 0 Å². The standard InChI is InChI=1S/C11H20N4O/c1-2-3-4-6-12-9-11-10-15(14-13-11)7-5-8-16/h2-3,10,12,16H,4-9H2,1H3/b3-2+. The van der Waals surface area contributed by atoms with Crippen molar-refractivity contribution in [2.45, 2.75) is 32.9 Å². The molecule has 0 amide bonds. The van der Waals surface area contributed by atoms with Gasteiger partial charge in [-0.05, 0) is 26.3 Å². The van der Waals surface area contributed by atoms with Crippen LogP contribution in [-0.4, -0.2) is 33.3 Å². The third-order valence-corrected chi connectivity index (χ3v) is 2.16. The zero-order valence-electron chi connectivity index (χ0n) is 9.76. The van der Waals surface area contributed by atoms with Crippen LogP contribution in [0.3, 0.4) is 0 Å². The Kier molecular flexibility index (Phi) is 6.44. The van der Waals surface area contributed by atoms with Crippen LogP contribution < -0.4 is 5.32 Å². The second-order valence-electron chi connectivity index (χ2n) is 3.58. The van der Waals surface area contributed by atoms with Gasteiger partial charge in [-0.3, -0.25) is 4.68 Å². The number of rotatable bonds is 8. The molecule has 1 rings (SSSR count). The molecule has 0 atom stereocenters. The summed E-state index contributed by atoms with van der Waals surface area (Å²) >= 11 is 0. The maximum atomic E-state index is 8.68. The lowest BCUT2D eigenvalue weighted by molar-refractivity contribution is 0.276. The second-order valence-corrected chi connectivity index (χ2v) is 3.58. The van der Waals surface area contributed by atoms with Crippen molar-refractivity contribution in [1.82, 2.24) is 20.3 Å². The zero-order valence-corrected chi connectivity index (χ0v) is 9.76. The Labute approximate surface area is 96.2 Å². The molecule has 0 saturated heterocycles. The molecule has 2 N–H and O–H groups in total. The van der Waals surface area contributed by atoms with E-state index in [1.807, 2.05) is 19.2 Å². The fraction of sp³-hybridized carbons (Fsp3) is 0.636. The van der Waals surface area contributed by atoms with Gasteiger partial charge in [0.1, 0.15) is 0 Å². The number of aryl methyl sites for hydroxylation is 1. The third kappa shape index (κ3) is 5.04. The highest BCUT2D eigenvalue weighted by atomic mass is 16.3. The van der Waals surface area contributed by atoms with Gasteiger partial charge < -0.3 is 10.4 Å². The van der Waals surface area contributed by atoms with Gasteiger partial charge in [-0.2, -0.15) is 0 Å². The summed E-state index contributed by atoms with van der Waals surface area (Å²) in [6, 6.07) is 0. The Bertz CT molecular complexity index is 309. The fourth-order valence-corrected chi connectivity index (χ4v) is 1.33. The lowest BCUT2D eigenvalue weighted by atomic mass is 10.3. The van der Waals surface area contributed by atoms with E-state index in [2.05, 4.69) is 21.7 Å². The van der Waals surface area contributed by atoms with Gasteiger partial charge in [0.2, 0.25) is 0 Å². The van der Waals surface area contributed by atoms with Crippen LogP contribution in [0.15, 0.2) is 18.3 Å². The molecule has 1 aromatic heterocycles. The molecule has 0 aliphatic carbocycles. The number of hydrogen-bond acceptors (Lipinski definition) is 4. The summed E-state index contributed by atoms with van der Waals surface area (Å²) in [7, 11) is 0. The Morgan fingerprint density at radius 1 is 1.56 bits per heavy atom. The minimum Gasteiger partial charge on any atom is -0.396 e. The largest absolute Gasteiger partial charge is 0.396 e. The van der Waals surface area contributed by atoms with Crippen LogP contribution in [0.2, 0.25) is 0 Å². The fourth-order valence-electron chi connectivity index (χ4n) is 1.33. The zero-order chi connectivity index (χ0) is 11.6. The van der Waals surface area contributed by atoms with Crippen molar-refractivity contribution < 1.29 is 5.11 Å². The van der Waals surface area contributed by atoms with Gasteiger partial charge in [-0.15, -0.1) is 5.10 Å². The van der Waals surface area contributed by atoms with Gasteiger partial charge in [-0.25, -0.2) is 0 Å². The summed E-state index contributed by atoms with van der Waals surface area (Å²) in [6.45, 7) is 4.64. The summed E-state index contributed by atoms with van der Waals surface area (Å²) < 4.78 is 1.76. The average Bonchev–Trinajstić information content (AvgIpc) is 2.74. The molecule has 0 fully saturated rings. The van der Waals surface area contributed by atoms with Crippen molar-refractivity contribution in [3.8, 4) is 0 Å². The minimum absolute atomic E-state index is 0.191. The topological polar surface area (TPSA) is 63.0 Å². The molecule has 0 radical (unpaired) electrons. The van der Waals surface area contributed by atoms with Gasteiger partial charge in [-0.1, -0.05) is 17.4 Å². The highest BCUT2D eigenvalue weighted by molar-refractivity contribution is 4.91. The molecular formula is C11H20N4O. The number of aliphatic hydroxyl groups excluding tert-OH is 1. The molecule has 1 heterocycles. The van der Waals surface area contributed by atoms with E-state index < -0.39 is 0 Å². The Hall–Kier alpha value is -1.20. The number of nitrogens with zero attached hydrogens (tertiary/aromatic N) is 3. The van der Waals surface area contributed by atoms with Crippen LogP contribution >= 0.6 is 0 Å². The molecule has 5 nitrogen and oxygen atoms in total. The molecule has 0 spiro atoms. The van der Waals surface area contributed by atoms with E-state index in [4.69, 9.17) is 5.11 Å². The smallest absolute Gasteiger partial charge is 0.0964 e. The molecule has 0 saturated carbocycles. The predicted octanol–water partition coefficient (Wildman–Crippen LogP) is 0.716. The van der Waals surface area contributed by atoms with E-state index in [0.717, 1.165) is 38.2 Å². The molecular weight excluding hydrogens is 204 g/mol. The van der Waals surface area contributed by atoms with E-state index in [-0.39, 0.29) is 6.61 Å². The van der Waals surface area contributed by atoms with Crippen molar-refractivity contribution in [3.05, 3.63) is 24.0 Å². The molecule has 0 aromatic carbocycles. The highest BCUT2D eigenvalue weighted by Crippen LogP contribution is 1.94. The van der Waals surface area contributed by atoms with Gasteiger partial charge in [0, 0.05) is 25.9 Å². The summed E-state index contributed by atoms with van der Waals surface area (Å²) in [4.78, 5) is 0. The molecule has 0 bridgehead atoms. The average molecular weight is 224 g/mol. The number of nitrogens with one attached hydrogen (secondary N) is 1. The predicted molar refractivity (Wildman–Crippen MR) is 62.9 cm³/mol. The molecule has 5 heteroatoms. The third-order valence-electron chi connectivity index (χ3n) is 2.16. The molecule has 0 aliphatic rings. The van der Waals surface area contributed by atoms with Crippen LogP contribution in [0.1, 0.15) is 25.5 Å². The van der Waals surface area contributed by atoms with Crippen LogP contribution in [0.5, 0.6) is 0 Å². The first kappa shape index (κ1) is 12.9. The normalized spacial score (nSPS) is 11.4. The highest BCUT2D eigenvalue weighted by Gasteiger charge is 1.99. The van der Waals surface area contributed by atoms with E-state index >= 15 is 0 Å². The van der Waals surface area contributed by atoms with Gasteiger partial charge >= 0.3 is 0 Å². The van der Waals surface area contributed by atoms with E-state index in [0.29, 0.717) is 0 Å². The minimum atomic E-state index is 0.191. The number of hydrogen-bond donors (Lipinski definition) is 2. The first-order valence-corrected chi connectivity index (χ1v) is 5.68. The number of aliphatic hydroxyl groups is 1. The lowest BCUT2D eigenvalue weighted by Crippen LogP contribution is -2.14. The Morgan fingerprint density at radius 2 is 2.44 bits per heavy atom. The molecule has 16 heavy (non-hydrogen) atoms. The van der Waals surface area contributed by atoms with Crippen LogP contribution in [0.25, 0.3) is 0 Å². The van der Waals surface area contributed by atoms with Crippen molar-refractivity contribution in [2.75, 3.05) is 13.2 Å². The van der Waals surface area contributed by atoms with Gasteiger partial charge in [0.15, 0.2) is 0 Å². The molecule has 0 unspecified atom stereocenters. The number of aromatic nitrogens is 3. The van der Waals surface area contributed by atoms with Crippen LogP contribution in [-0.2, 0) is 13.1 Å². The molecule has 90 valence electrons. The second kappa shape index (κ2) is 8.01. The van der Waals surface area contributed by atoms with Gasteiger partial charge in [0.05, 0.1) is 5.69 Å². The quantitative estimate of drug-likeness (QED) is 0.504. The van der Waals surface area contributed by atoms with Crippen molar-refractivity contribution in [3.63, 3.8) is 0 Å². The SMILES string of the molecule is C/C=C/CCNCc1cn(CCCO)nn1. The summed E-state index contributed by atoms with van der Waals surface area (Å²) in [5.74, 6) is 0. The first-order valence-electron chi connectivity index (χ1n) is 5.68. The first-order chi connectivity index (χ1) is 7.86. The van der Waals surface area contributed by atoms with Crippen LogP contribution in [0, 0.1) is 0 Å². The summed E-state index contributed by atoms with van der Waals surface area (Å²) in [5.41, 5.74) is 0.943. The summed E-state index contributed by atoms with van der Waals surface area (Å²) in [6.07, 6.45) is 7.85. The lowest BCUT2D eigenvalue weighted by Gasteiger charge is -1.98. The van der Waals surface area contributed by atoms with Crippen molar-refractivity contribution in [2.24, 2.45) is 0 Å². The van der Waals surface area contributed by atoms with E-state index in [9.17, 15) is 0 Å². The maximum absolute atomic E-state index is 8.68. The Balaban J connectivity index is 2.18. The number of allylic oxidation sites excluding steroid dienone is 1. The monoisotopic (exact) mass is 224 g/mol. The molecule has 1 aromatic rings. The van der Waals surface area contributed by atoms with Crippen molar-refractivity contribution in [1.29, 1.82) is 0 Å². The Morgan fingerprint density at radius 3 is 3.19 bits per heavy atom. The molecule has 0 aliphatic heterocycles. The van der Waals surface area contributed by atoms with E-state index in [1.54, 1.807) is 4.68 Å². The van der Waals surface area contributed by atoms with Crippen LogP contribution in [0.4, 0.5) is 0 Å². The van der Waals surface area contributed by atoms with E-state index in [1.165, 1.54) is 0 Å². The van der Waals surface area contributed by atoms with Crippen molar-refractivity contribution >= 4 is 0 Å². The maximum Gasteiger partial charge on any atom is 0.0964 e.